The molecule has 0 unspecified atom stereocenters. The minimum Gasteiger partial charge on any atom is -0.351 e. The summed E-state index contributed by atoms with van der Waals surface area (Å²) < 4.78 is 2.03. The van der Waals surface area contributed by atoms with Gasteiger partial charge in [0.05, 0.1) is 11.0 Å². The van der Waals surface area contributed by atoms with Gasteiger partial charge in [0.2, 0.25) is 0 Å². The lowest BCUT2D eigenvalue weighted by atomic mass is 9.94. The van der Waals surface area contributed by atoms with Crippen molar-refractivity contribution in [2.75, 3.05) is 32.7 Å². The summed E-state index contributed by atoms with van der Waals surface area (Å²) in [6, 6.07) is 5.99. The fraction of sp³-hybridized carbons (Fsp3) is 0.640. The van der Waals surface area contributed by atoms with E-state index in [1.54, 1.807) is 0 Å². The zero-order valence-electron chi connectivity index (χ0n) is 19.0. The second-order valence-electron chi connectivity index (χ2n) is 9.59. The van der Waals surface area contributed by atoms with Crippen LogP contribution in [0.2, 0.25) is 0 Å². The van der Waals surface area contributed by atoms with Crippen LogP contribution >= 0.6 is 0 Å². The van der Waals surface area contributed by atoms with Gasteiger partial charge in [0.25, 0.3) is 11.8 Å². The van der Waals surface area contributed by atoms with Crippen molar-refractivity contribution in [3.05, 3.63) is 29.6 Å². The van der Waals surface area contributed by atoms with Crippen LogP contribution < -0.4 is 5.32 Å². The molecule has 7 heteroatoms. The van der Waals surface area contributed by atoms with E-state index in [-0.39, 0.29) is 11.8 Å². The Kier molecular flexibility index (Phi) is 6.44. The SMILES string of the molecule is O=C(NCCN1CCCCCC1)c1ccc2c(c1)nc1n2CCN(C2CCCCC2)C1=O. The summed E-state index contributed by atoms with van der Waals surface area (Å²) in [7, 11) is 0. The molecule has 3 aliphatic rings. The standard InChI is InChI=1S/C25H35N5O2/c31-24(26-12-15-28-13-6-1-2-7-14-28)19-10-11-22-21(18-19)27-23-25(32)29(16-17-30(22)23)20-8-4-3-5-9-20/h10-11,18,20H,1-9,12-17H2,(H,26,31). The first kappa shape index (κ1) is 21.4. The van der Waals surface area contributed by atoms with Crippen LogP contribution in [0.1, 0.15) is 78.8 Å². The van der Waals surface area contributed by atoms with E-state index in [4.69, 9.17) is 0 Å². The predicted octanol–water partition coefficient (Wildman–Crippen LogP) is 3.43. The Morgan fingerprint density at radius 3 is 2.50 bits per heavy atom. The van der Waals surface area contributed by atoms with Crippen molar-refractivity contribution in [2.24, 2.45) is 0 Å². The lowest BCUT2D eigenvalue weighted by molar-refractivity contribution is 0.0566. The molecule has 172 valence electrons. The smallest absolute Gasteiger partial charge is 0.290 e. The molecular weight excluding hydrogens is 402 g/mol. The molecule has 1 saturated heterocycles. The first-order chi connectivity index (χ1) is 15.7. The van der Waals surface area contributed by atoms with Crippen LogP contribution in [-0.2, 0) is 6.54 Å². The number of rotatable bonds is 5. The molecule has 32 heavy (non-hydrogen) atoms. The van der Waals surface area contributed by atoms with Gasteiger partial charge in [-0.05, 0) is 57.0 Å². The predicted molar refractivity (Wildman–Crippen MR) is 125 cm³/mol. The summed E-state index contributed by atoms with van der Waals surface area (Å²) in [5, 5.41) is 3.06. The van der Waals surface area contributed by atoms with E-state index in [9.17, 15) is 9.59 Å². The Bertz CT molecular complexity index is 970. The minimum absolute atomic E-state index is 0.0443. The number of nitrogens with one attached hydrogen (secondary N) is 1. The van der Waals surface area contributed by atoms with Crippen molar-refractivity contribution < 1.29 is 9.59 Å². The van der Waals surface area contributed by atoms with E-state index >= 15 is 0 Å². The van der Waals surface area contributed by atoms with E-state index in [1.165, 1.54) is 44.9 Å². The van der Waals surface area contributed by atoms with Crippen molar-refractivity contribution in [1.29, 1.82) is 0 Å². The number of fused-ring (bicyclic) bond motifs is 3. The molecule has 0 atom stereocenters. The molecule has 0 radical (unpaired) electrons. The lowest BCUT2D eigenvalue weighted by Gasteiger charge is -2.36. The Morgan fingerprint density at radius 1 is 0.969 bits per heavy atom. The largest absolute Gasteiger partial charge is 0.351 e. The number of amides is 2. The zero-order chi connectivity index (χ0) is 21.9. The molecule has 1 N–H and O–H groups in total. The van der Waals surface area contributed by atoms with Crippen LogP contribution in [0, 0.1) is 0 Å². The second-order valence-corrected chi connectivity index (χ2v) is 9.59. The van der Waals surface area contributed by atoms with Gasteiger partial charge in [-0.1, -0.05) is 32.1 Å². The topological polar surface area (TPSA) is 70.5 Å². The van der Waals surface area contributed by atoms with Crippen LogP contribution in [0.25, 0.3) is 11.0 Å². The summed E-state index contributed by atoms with van der Waals surface area (Å²) in [6.07, 6.45) is 11.1. The van der Waals surface area contributed by atoms with Crippen LogP contribution in [0.5, 0.6) is 0 Å². The second kappa shape index (κ2) is 9.61. The molecule has 0 bridgehead atoms. The van der Waals surface area contributed by atoms with Gasteiger partial charge in [-0.15, -0.1) is 0 Å². The highest BCUT2D eigenvalue weighted by Crippen LogP contribution is 2.28. The molecule has 0 spiro atoms. The zero-order valence-corrected chi connectivity index (χ0v) is 19.0. The van der Waals surface area contributed by atoms with Crippen molar-refractivity contribution in [3.8, 4) is 0 Å². The molecule has 7 nitrogen and oxygen atoms in total. The van der Waals surface area contributed by atoms with Crippen molar-refractivity contribution in [3.63, 3.8) is 0 Å². The number of hydrogen-bond donors (Lipinski definition) is 1. The third kappa shape index (κ3) is 4.40. The Morgan fingerprint density at radius 2 is 1.72 bits per heavy atom. The first-order valence-electron chi connectivity index (χ1n) is 12.5. The average Bonchev–Trinajstić information content (AvgIpc) is 3.00. The number of nitrogens with zero attached hydrogens (tertiary/aromatic N) is 4. The molecule has 5 rings (SSSR count). The van der Waals surface area contributed by atoms with Gasteiger partial charge in [-0.3, -0.25) is 9.59 Å². The van der Waals surface area contributed by atoms with Crippen LogP contribution in [-0.4, -0.2) is 69.9 Å². The maximum atomic E-state index is 13.2. The molecule has 2 amide bonds. The van der Waals surface area contributed by atoms with Gasteiger partial charge in [0, 0.05) is 37.8 Å². The summed E-state index contributed by atoms with van der Waals surface area (Å²) in [5.41, 5.74) is 2.29. The van der Waals surface area contributed by atoms with E-state index in [1.807, 2.05) is 27.7 Å². The van der Waals surface area contributed by atoms with Crippen LogP contribution in [0.4, 0.5) is 0 Å². The molecule has 2 fully saturated rings. The molecule has 2 aliphatic heterocycles. The molecule has 1 aromatic heterocycles. The monoisotopic (exact) mass is 437 g/mol. The molecule has 1 saturated carbocycles. The summed E-state index contributed by atoms with van der Waals surface area (Å²) in [6.45, 7) is 5.35. The van der Waals surface area contributed by atoms with Crippen LogP contribution in [0.3, 0.4) is 0 Å². The molecule has 1 aromatic carbocycles. The molecule has 3 heterocycles. The first-order valence-corrected chi connectivity index (χ1v) is 12.5. The van der Waals surface area contributed by atoms with Gasteiger partial charge in [-0.25, -0.2) is 4.98 Å². The van der Waals surface area contributed by atoms with Crippen molar-refractivity contribution in [2.45, 2.75) is 70.4 Å². The Hall–Kier alpha value is -2.41. The molecule has 2 aromatic rings. The number of carbonyl (C=O) groups excluding carboxylic acids is 2. The maximum Gasteiger partial charge on any atom is 0.290 e. The number of likely N-dealkylation sites (tertiary alicyclic amines) is 1. The fourth-order valence-electron chi connectivity index (χ4n) is 5.63. The number of carbonyl (C=O) groups is 2. The molecular formula is C25H35N5O2. The maximum absolute atomic E-state index is 13.2. The van der Waals surface area contributed by atoms with Crippen molar-refractivity contribution >= 4 is 22.8 Å². The third-order valence-corrected chi connectivity index (χ3v) is 7.45. The minimum atomic E-state index is -0.0668. The van der Waals surface area contributed by atoms with Gasteiger partial charge >= 0.3 is 0 Å². The van der Waals surface area contributed by atoms with Crippen LogP contribution in [0.15, 0.2) is 18.2 Å². The van der Waals surface area contributed by atoms with E-state index in [0.29, 0.717) is 24.0 Å². The van der Waals surface area contributed by atoms with Gasteiger partial charge < -0.3 is 19.7 Å². The summed E-state index contributed by atoms with van der Waals surface area (Å²) in [4.78, 5) is 35.1. The number of benzene rings is 1. The number of hydrogen-bond acceptors (Lipinski definition) is 4. The van der Waals surface area contributed by atoms with E-state index in [0.717, 1.165) is 56.6 Å². The number of imidazole rings is 1. The Labute approximate surface area is 190 Å². The highest BCUT2D eigenvalue weighted by molar-refractivity contribution is 6.00. The highest BCUT2D eigenvalue weighted by atomic mass is 16.2. The average molecular weight is 438 g/mol. The summed E-state index contributed by atoms with van der Waals surface area (Å²) >= 11 is 0. The van der Waals surface area contributed by atoms with E-state index < -0.39 is 0 Å². The van der Waals surface area contributed by atoms with Gasteiger partial charge in [-0.2, -0.15) is 0 Å². The fourth-order valence-corrected chi connectivity index (χ4v) is 5.63. The lowest BCUT2D eigenvalue weighted by Crippen LogP contribution is -2.47. The normalized spacial score (nSPS) is 20.9. The molecule has 1 aliphatic carbocycles. The van der Waals surface area contributed by atoms with Gasteiger partial charge in [0.1, 0.15) is 0 Å². The Balaban J connectivity index is 1.25. The highest BCUT2D eigenvalue weighted by Gasteiger charge is 2.33. The quantitative estimate of drug-likeness (QED) is 0.778. The van der Waals surface area contributed by atoms with Gasteiger partial charge in [0.15, 0.2) is 5.82 Å². The van der Waals surface area contributed by atoms with E-state index in [2.05, 4.69) is 15.2 Å². The number of aromatic nitrogens is 2. The van der Waals surface area contributed by atoms with Crippen molar-refractivity contribution in [1.82, 2.24) is 24.7 Å². The summed E-state index contributed by atoms with van der Waals surface area (Å²) in [5.74, 6) is 0.501. The third-order valence-electron chi connectivity index (χ3n) is 7.45.